The van der Waals surface area contributed by atoms with Crippen LogP contribution in [0.3, 0.4) is 0 Å². The first-order chi connectivity index (χ1) is 12.9. The number of carbonyl (C=O) groups is 1. The largest absolute Gasteiger partial charge is 0.457 e. The van der Waals surface area contributed by atoms with Crippen LogP contribution in [-0.2, 0) is 0 Å². The Balaban J connectivity index is 1.71. The lowest BCUT2D eigenvalue weighted by atomic mass is 10.1. The fraction of sp³-hybridized carbons (Fsp3) is 0.0952. The Morgan fingerprint density at radius 2 is 1.67 bits per heavy atom. The molecule has 0 aliphatic heterocycles. The molecule has 0 N–H and O–H groups in total. The number of benzene rings is 2. The maximum absolute atomic E-state index is 12.3. The van der Waals surface area contributed by atoms with Crippen LogP contribution >= 0.6 is 0 Å². The summed E-state index contributed by atoms with van der Waals surface area (Å²) in [6, 6.07) is 17.0. The van der Waals surface area contributed by atoms with E-state index in [-0.39, 0.29) is 11.5 Å². The summed E-state index contributed by atoms with van der Waals surface area (Å²) in [5.41, 5.74) is 2.37. The lowest BCUT2D eigenvalue weighted by Crippen LogP contribution is -2.08. The number of carbonyl (C=O) groups excluding carboxylic acids is 1. The van der Waals surface area contributed by atoms with E-state index in [1.165, 1.54) is 18.2 Å². The van der Waals surface area contributed by atoms with Gasteiger partial charge in [0.1, 0.15) is 11.5 Å². The Bertz CT molecular complexity index is 984. The number of hydrogen-bond donors (Lipinski definition) is 0. The van der Waals surface area contributed by atoms with Gasteiger partial charge in [0, 0.05) is 43.0 Å². The molecule has 0 saturated heterocycles. The van der Waals surface area contributed by atoms with Crippen LogP contribution in [0.25, 0.3) is 17.4 Å². The molecule has 0 saturated carbocycles. The summed E-state index contributed by atoms with van der Waals surface area (Å²) in [5, 5.41) is 10.7. The molecule has 0 spiro atoms. The van der Waals surface area contributed by atoms with E-state index in [0.717, 1.165) is 11.3 Å². The molecule has 0 aliphatic rings. The molecule has 0 radical (unpaired) electrons. The van der Waals surface area contributed by atoms with Crippen LogP contribution in [0.5, 0.6) is 0 Å². The Kier molecular flexibility index (Phi) is 5.17. The zero-order valence-electron chi connectivity index (χ0n) is 15.0. The summed E-state index contributed by atoms with van der Waals surface area (Å²) in [6.45, 7) is 0. The molecule has 0 aliphatic carbocycles. The molecule has 6 heteroatoms. The number of nitro benzene ring substituents is 1. The number of nitrogens with zero attached hydrogens (tertiary/aromatic N) is 2. The van der Waals surface area contributed by atoms with Crippen molar-refractivity contribution in [2.24, 2.45) is 0 Å². The van der Waals surface area contributed by atoms with Gasteiger partial charge < -0.3 is 9.32 Å². The number of anilines is 1. The van der Waals surface area contributed by atoms with Crippen molar-refractivity contribution in [3.05, 3.63) is 88.2 Å². The predicted octanol–water partition coefficient (Wildman–Crippen LogP) is 4.82. The van der Waals surface area contributed by atoms with Crippen molar-refractivity contribution in [1.29, 1.82) is 0 Å². The van der Waals surface area contributed by atoms with Crippen LogP contribution in [0.15, 0.2) is 71.2 Å². The van der Waals surface area contributed by atoms with Gasteiger partial charge in [0.2, 0.25) is 0 Å². The molecule has 1 heterocycles. The van der Waals surface area contributed by atoms with Crippen LogP contribution in [-0.4, -0.2) is 24.8 Å². The third-order valence-electron chi connectivity index (χ3n) is 4.06. The van der Waals surface area contributed by atoms with Crippen molar-refractivity contribution in [2.45, 2.75) is 0 Å². The zero-order valence-corrected chi connectivity index (χ0v) is 15.0. The number of rotatable bonds is 6. The average Bonchev–Trinajstić information content (AvgIpc) is 3.15. The molecule has 0 amide bonds. The summed E-state index contributed by atoms with van der Waals surface area (Å²) in [4.78, 5) is 24.5. The Labute approximate surface area is 156 Å². The highest BCUT2D eigenvalue weighted by atomic mass is 16.6. The van der Waals surface area contributed by atoms with E-state index in [1.54, 1.807) is 42.5 Å². The highest BCUT2D eigenvalue weighted by Gasteiger charge is 2.08. The minimum absolute atomic E-state index is 0.0244. The molecule has 1 aromatic heterocycles. The summed E-state index contributed by atoms with van der Waals surface area (Å²) in [6.07, 6.45) is 3.07. The van der Waals surface area contributed by atoms with Gasteiger partial charge in [-0.2, -0.15) is 0 Å². The van der Waals surface area contributed by atoms with Crippen LogP contribution in [0.2, 0.25) is 0 Å². The maximum Gasteiger partial charge on any atom is 0.269 e. The molecule has 27 heavy (non-hydrogen) atoms. The second-order valence-corrected chi connectivity index (χ2v) is 6.14. The molecule has 0 fully saturated rings. The third-order valence-corrected chi connectivity index (χ3v) is 4.06. The quantitative estimate of drug-likeness (QED) is 0.272. The van der Waals surface area contributed by atoms with E-state index in [2.05, 4.69) is 0 Å². The Morgan fingerprint density at radius 1 is 1.00 bits per heavy atom. The lowest BCUT2D eigenvalue weighted by Gasteiger charge is -2.11. The number of hydrogen-bond acceptors (Lipinski definition) is 5. The highest BCUT2D eigenvalue weighted by molar-refractivity contribution is 6.06. The van der Waals surface area contributed by atoms with E-state index in [9.17, 15) is 14.9 Å². The van der Waals surface area contributed by atoms with Gasteiger partial charge in [-0.15, -0.1) is 0 Å². The minimum atomic E-state index is -0.448. The van der Waals surface area contributed by atoms with Gasteiger partial charge in [-0.05, 0) is 60.7 Å². The molecule has 6 nitrogen and oxygen atoms in total. The molecule has 3 rings (SSSR count). The smallest absolute Gasteiger partial charge is 0.269 e. The van der Waals surface area contributed by atoms with Crippen molar-refractivity contribution >= 4 is 23.2 Å². The Morgan fingerprint density at radius 3 is 2.26 bits per heavy atom. The van der Waals surface area contributed by atoms with Gasteiger partial charge in [-0.1, -0.05) is 0 Å². The first-order valence-corrected chi connectivity index (χ1v) is 8.28. The van der Waals surface area contributed by atoms with Gasteiger partial charge >= 0.3 is 0 Å². The molecule has 0 bridgehead atoms. The Hall–Kier alpha value is -3.67. The molecule has 0 atom stereocenters. The van der Waals surface area contributed by atoms with E-state index in [4.69, 9.17) is 4.42 Å². The number of nitro groups is 1. The minimum Gasteiger partial charge on any atom is -0.457 e. The first kappa shape index (κ1) is 18.1. The molecule has 136 valence electrons. The maximum atomic E-state index is 12.3. The van der Waals surface area contributed by atoms with Gasteiger partial charge in [0.25, 0.3) is 5.69 Å². The monoisotopic (exact) mass is 362 g/mol. The summed E-state index contributed by atoms with van der Waals surface area (Å²) >= 11 is 0. The first-order valence-electron chi connectivity index (χ1n) is 8.28. The summed E-state index contributed by atoms with van der Waals surface area (Å²) in [5.74, 6) is 0.988. The molecule has 2 aromatic carbocycles. The fourth-order valence-electron chi connectivity index (χ4n) is 2.52. The zero-order chi connectivity index (χ0) is 19.4. The predicted molar refractivity (Wildman–Crippen MR) is 105 cm³/mol. The van der Waals surface area contributed by atoms with Crippen LogP contribution < -0.4 is 4.90 Å². The van der Waals surface area contributed by atoms with Crippen LogP contribution in [0.4, 0.5) is 11.4 Å². The number of ketones is 1. The van der Waals surface area contributed by atoms with Crippen LogP contribution in [0, 0.1) is 10.1 Å². The summed E-state index contributed by atoms with van der Waals surface area (Å²) < 4.78 is 5.69. The van der Waals surface area contributed by atoms with Gasteiger partial charge in [0.15, 0.2) is 5.78 Å². The standard InChI is InChI=1S/C21H18N2O4/c1-22(2)17-7-3-15(4-8-17)20(24)13-11-19-12-14-21(27-19)16-5-9-18(10-6-16)23(25)26/h3-14H,1-2H3/b13-11+. The molecular weight excluding hydrogens is 344 g/mol. The number of allylic oxidation sites excluding steroid dienone is 1. The molecular formula is C21H18N2O4. The summed E-state index contributed by atoms with van der Waals surface area (Å²) in [7, 11) is 3.88. The number of non-ortho nitro benzene ring substituents is 1. The van der Waals surface area contributed by atoms with Crippen LogP contribution in [0.1, 0.15) is 16.1 Å². The van der Waals surface area contributed by atoms with Gasteiger partial charge in [-0.3, -0.25) is 14.9 Å². The number of furan rings is 1. The lowest BCUT2D eigenvalue weighted by molar-refractivity contribution is -0.384. The molecule has 3 aromatic rings. The van der Waals surface area contributed by atoms with E-state index in [0.29, 0.717) is 17.1 Å². The second-order valence-electron chi connectivity index (χ2n) is 6.14. The highest BCUT2D eigenvalue weighted by Crippen LogP contribution is 2.25. The van der Waals surface area contributed by atoms with Gasteiger partial charge in [0.05, 0.1) is 4.92 Å². The van der Waals surface area contributed by atoms with Crippen molar-refractivity contribution < 1.29 is 14.1 Å². The normalized spacial score (nSPS) is 10.9. The van der Waals surface area contributed by atoms with Crippen molar-refractivity contribution in [3.8, 4) is 11.3 Å². The van der Waals surface area contributed by atoms with E-state index < -0.39 is 4.92 Å². The average molecular weight is 362 g/mol. The van der Waals surface area contributed by atoms with Crippen molar-refractivity contribution in [3.63, 3.8) is 0 Å². The van der Waals surface area contributed by atoms with E-state index in [1.807, 2.05) is 31.1 Å². The fourth-order valence-corrected chi connectivity index (χ4v) is 2.52. The van der Waals surface area contributed by atoms with Crippen molar-refractivity contribution in [1.82, 2.24) is 0 Å². The van der Waals surface area contributed by atoms with E-state index >= 15 is 0 Å². The van der Waals surface area contributed by atoms with Crippen molar-refractivity contribution in [2.75, 3.05) is 19.0 Å². The SMILES string of the molecule is CN(C)c1ccc(C(=O)/C=C/c2ccc(-c3ccc([N+](=O)[O-])cc3)o2)cc1. The third kappa shape index (κ3) is 4.30. The second kappa shape index (κ2) is 7.70. The van der Waals surface area contributed by atoms with Gasteiger partial charge in [-0.25, -0.2) is 0 Å². The topological polar surface area (TPSA) is 76.6 Å². The molecule has 0 unspecified atom stereocenters.